The molecule has 1 fully saturated rings. The van der Waals surface area contributed by atoms with Crippen LogP contribution in [0.1, 0.15) is 31.2 Å². The summed E-state index contributed by atoms with van der Waals surface area (Å²) in [5.41, 5.74) is 13.9. The van der Waals surface area contributed by atoms with E-state index < -0.39 is 23.2 Å². The van der Waals surface area contributed by atoms with Gasteiger partial charge in [-0.3, -0.25) is 19.4 Å². The number of hydrogen-bond acceptors (Lipinski definition) is 9. The van der Waals surface area contributed by atoms with Crippen molar-refractivity contribution in [3.8, 4) is 22.5 Å². The number of nitrogens with zero attached hydrogens (tertiary/aromatic N) is 4. The van der Waals surface area contributed by atoms with Crippen LogP contribution >= 0.6 is 12.4 Å². The minimum Gasteiger partial charge on any atom is -0.330 e. The van der Waals surface area contributed by atoms with Crippen molar-refractivity contribution in [1.29, 1.82) is 0 Å². The van der Waals surface area contributed by atoms with Crippen LogP contribution in [0.3, 0.4) is 0 Å². The predicted octanol–water partition coefficient (Wildman–Crippen LogP) is 1.53. The minimum absolute atomic E-state index is 0. The van der Waals surface area contributed by atoms with E-state index in [0.717, 1.165) is 18.4 Å². The Bertz CT molecular complexity index is 1610. The molecule has 1 aliphatic carbocycles. The molecule has 2 heterocycles. The summed E-state index contributed by atoms with van der Waals surface area (Å²) in [5, 5.41) is 13.9. The lowest BCUT2D eigenvalue weighted by Gasteiger charge is -2.32. The average Bonchev–Trinajstić information content (AvgIpc) is 3.53. The lowest BCUT2D eigenvalue weighted by molar-refractivity contribution is -0.130. The number of nitrogens with two attached hydrogens (primary N) is 2. The maximum Gasteiger partial charge on any atom is 0.325 e. The fourth-order valence-corrected chi connectivity index (χ4v) is 5.19. The summed E-state index contributed by atoms with van der Waals surface area (Å²) in [5.74, 6) is -0.315. The van der Waals surface area contributed by atoms with Gasteiger partial charge in [-0.1, -0.05) is 24.3 Å². The number of halogens is 1. The molecule has 0 aliphatic heterocycles. The fraction of sp³-hybridized carbons (Fsp3) is 0.321. The first-order valence-electron chi connectivity index (χ1n) is 13.4. The molecule has 220 valence electrons. The number of aromatic nitrogens is 6. The summed E-state index contributed by atoms with van der Waals surface area (Å²) in [4.78, 5) is 56.8. The Morgan fingerprint density at radius 3 is 2.24 bits per heavy atom. The second kappa shape index (κ2) is 13.5. The Kier molecular flexibility index (Phi) is 9.78. The van der Waals surface area contributed by atoms with Crippen molar-refractivity contribution in [1.82, 2.24) is 30.6 Å². The summed E-state index contributed by atoms with van der Waals surface area (Å²) < 4.78 is 0. The number of aromatic amines is 3. The molecule has 0 saturated heterocycles. The Balaban J connectivity index is 0.00000405. The Labute approximate surface area is 246 Å². The number of hydrogen-bond donors (Lipinski definition) is 5. The first-order chi connectivity index (χ1) is 19.8. The Morgan fingerprint density at radius 2 is 1.64 bits per heavy atom. The van der Waals surface area contributed by atoms with Crippen LogP contribution in [0.5, 0.6) is 0 Å². The molecule has 1 saturated carbocycles. The van der Waals surface area contributed by atoms with Crippen molar-refractivity contribution in [3.05, 3.63) is 81.1 Å². The van der Waals surface area contributed by atoms with Crippen molar-refractivity contribution < 1.29 is 9.59 Å². The number of rotatable bonds is 8. The van der Waals surface area contributed by atoms with E-state index in [9.17, 15) is 19.2 Å². The van der Waals surface area contributed by atoms with Gasteiger partial charge in [0.2, 0.25) is 11.7 Å². The van der Waals surface area contributed by atoms with Crippen LogP contribution in [0.4, 0.5) is 5.69 Å². The zero-order valence-corrected chi connectivity index (χ0v) is 23.5. The van der Waals surface area contributed by atoms with Gasteiger partial charge in [0.25, 0.3) is 11.5 Å². The van der Waals surface area contributed by atoms with E-state index in [1.165, 1.54) is 11.1 Å². The van der Waals surface area contributed by atoms with Gasteiger partial charge in [-0.15, -0.1) is 22.6 Å². The zero-order valence-electron chi connectivity index (χ0n) is 22.7. The number of imide groups is 1. The maximum atomic E-state index is 13.8. The number of nitrogens with one attached hydrogen (secondary N) is 3. The van der Waals surface area contributed by atoms with Gasteiger partial charge in [0.05, 0.1) is 17.3 Å². The Hall–Kier alpha value is -4.46. The molecule has 7 N–H and O–H groups in total. The van der Waals surface area contributed by atoms with Crippen LogP contribution in [0.15, 0.2) is 64.3 Å². The highest BCUT2D eigenvalue weighted by Crippen LogP contribution is 2.32. The van der Waals surface area contributed by atoms with Crippen LogP contribution in [0, 0.1) is 11.8 Å². The van der Waals surface area contributed by atoms with Gasteiger partial charge < -0.3 is 16.5 Å². The lowest BCUT2D eigenvalue weighted by Crippen LogP contribution is -2.50. The summed E-state index contributed by atoms with van der Waals surface area (Å²) in [6.07, 6.45) is 4.51. The normalized spacial score (nSPS) is 17.2. The monoisotopic (exact) mass is 593 g/mol. The lowest BCUT2D eigenvalue weighted by atomic mass is 9.81. The third-order valence-corrected chi connectivity index (χ3v) is 7.56. The van der Waals surface area contributed by atoms with Crippen LogP contribution in [-0.2, 0) is 16.0 Å². The van der Waals surface area contributed by atoms with Crippen molar-refractivity contribution in [2.45, 2.75) is 38.1 Å². The number of amides is 2. The van der Waals surface area contributed by atoms with Crippen molar-refractivity contribution in [2.75, 3.05) is 11.4 Å². The second-order valence-electron chi connectivity index (χ2n) is 10.2. The molecule has 4 aromatic rings. The molecule has 1 aliphatic rings. The number of carbonyl (C=O) groups is 2. The van der Waals surface area contributed by atoms with Gasteiger partial charge in [-0.05, 0) is 85.2 Å². The third-order valence-electron chi connectivity index (χ3n) is 7.56. The van der Waals surface area contributed by atoms with Crippen molar-refractivity contribution in [2.24, 2.45) is 23.3 Å². The highest BCUT2D eigenvalue weighted by atomic mass is 35.5. The van der Waals surface area contributed by atoms with E-state index in [4.69, 9.17) is 11.5 Å². The van der Waals surface area contributed by atoms with E-state index in [1.54, 1.807) is 48.5 Å². The van der Waals surface area contributed by atoms with Gasteiger partial charge in [-0.2, -0.15) is 5.21 Å². The largest absolute Gasteiger partial charge is 0.330 e. The second-order valence-corrected chi connectivity index (χ2v) is 10.2. The number of anilines is 1. The standard InChI is InChI=1S/C28H31N9O4.ClH/c29-14-17-3-7-20(8-4-17)26(39)37(21-11-9-19(10-12-21)24-33-35-36-34-24)27(40)23(30)13-16-1-5-18(6-2-16)22-15-31-28(41)32-25(22)38;/h1-2,5-6,9-12,15,17,20,23H,3-4,7-8,13-14,29-30H2,(H2,31,32,38,41)(H,33,34,35,36);1H/t17-,20-,23-;/m0./s1. The molecule has 0 spiro atoms. The van der Waals surface area contributed by atoms with Crippen molar-refractivity contribution >= 4 is 29.9 Å². The summed E-state index contributed by atoms with van der Waals surface area (Å²) in [6, 6.07) is 12.7. The van der Waals surface area contributed by atoms with E-state index in [-0.39, 0.29) is 30.7 Å². The van der Waals surface area contributed by atoms with Crippen LogP contribution in [0.2, 0.25) is 0 Å². The average molecular weight is 594 g/mol. The molecule has 2 aromatic heterocycles. The van der Waals surface area contributed by atoms with Gasteiger partial charge in [-0.25, -0.2) is 9.69 Å². The molecule has 2 amide bonds. The minimum atomic E-state index is -1.00. The zero-order chi connectivity index (χ0) is 28.9. The van der Waals surface area contributed by atoms with E-state index in [1.807, 2.05) is 0 Å². The van der Waals surface area contributed by atoms with Crippen LogP contribution in [0.25, 0.3) is 22.5 Å². The Morgan fingerprint density at radius 1 is 0.976 bits per heavy atom. The molecule has 42 heavy (non-hydrogen) atoms. The number of benzene rings is 2. The number of carbonyl (C=O) groups excluding carboxylic acids is 2. The first kappa shape index (κ1) is 30.5. The summed E-state index contributed by atoms with van der Waals surface area (Å²) in [6.45, 7) is 0.585. The quantitative estimate of drug-likeness (QED) is 0.200. The maximum absolute atomic E-state index is 13.8. The van der Waals surface area contributed by atoms with Gasteiger partial charge in [0, 0.05) is 17.7 Å². The molecule has 14 heteroatoms. The molecule has 13 nitrogen and oxygen atoms in total. The topological polar surface area (TPSA) is 210 Å². The molecule has 5 rings (SSSR count). The highest BCUT2D eigenvalue weighted by molar-refractivity contribution is 6.17. The van der Waals surface area contributed by atoms with E-state index in [2.05, 4.69) is 30.6 Å². The third kappa shape index (κ3) is 6.70. The molecule has 0 radical (unpaired) electrons. The first-order valence-corrected chi connectivity index (χ1v) is 13.4. The molecular formula is C28H32ClN9O4. The number of H-pyrrole nitrogens is 3. The fourth-order valence-electron chi connectivity index (χ4n) is 5.19. The smallest absolute Gasteiger partial charge is 0.325 e. The van der Waals surface area contributed by atoms with Gasteiger partial charge in [0.1, 0.15) is 0 Å². The summed E-state index contributed by atoms with van der Waals surface area (Å²) in [7, 11) is 0. The van der Waals surface area contributed by atoms with Gasteiger partial charge >= 0.3 is 5.69 Å². The van der Waals surface area contributed by atoms with Crippen molar-refractivity contribution in [3.63, 3.8) is 0 Å². The molecule has 1 atom stereocenters. The van der Waals surface area contributed by atoms with Crippen LogP contribution < -0.4 is 27.6 Å². The van der Waals surface area contributed by atoms with Crippen LogP contribution in [-0.4, -0.2) is 55.0 Å². The predicted molar refractivity (Wildman–Crippen MR) is 159 cm³/mol. The molecular weight excluding hydrogens is 562 g/mol. The molecule has 0 unspecified atom stereocenters. The molecule has 0 bridgehead atoms. The number of tetrazole rings is 1. The molecule has 2 aromatic carbocycles. The van der Waals surface area contributed by atoms with E-state index >= 15 is 0 Å². The van der Waals surface area contributed by atoms with E-state index in [0.29, 0.717) is 53.5 Å². The summed E-state index contributed by atoms with van der Waals surface area (Å²) >= 11 is 0. The van der Waals surface area contributed by atoms with Gasteiger partial charge in [0.15, 0.2) is 0 Å². The highest BCUT2D eigenvalue weighted by Gasteiger charge is 2.35. The SMILES string of the molecule is Cl.NC[C@H]1CC[C@H](C(=O)N(C(=O)[C@@H](N)Cc2ccc(-c3c[nH]c(=O)[nH]c3=O)cc2)c2ccc(-c3nn[nH]n3)cc2)CC1.